The van der Waals surface area contributed by atoms with E-state index in [1.165, 1.54) is 5.69 Å². The van der Waals surface area contributed by atoms with Gasteiger partial charge >= 0.3 is 0 Å². The molecule has 2 aromatic carbocycles. The van der Waals surface area contributed by atoms with Crippen LogP contribution >= 0.6 is 23.8 Å². The van der Waals surface area contributed by atoms with E-state index in [9.17, 15) is 0 Å². The zero-order valence-electron chi connectivity index (χ0n) is 14.6. The van der Waals surface area contributed by atoms with Crippen LogP contribution in [-0.4, -0.2) is 18.2 Å². The Bertz CT molecular complexity index is 727. The maximum Gasteiger partial charge on any atom is 0.175 e. The van der Waals surface area contributed by atoms with E-state index in [1.807, 2.05) is 25.1 Å². The summed E-state index contributed by atoms with van der Waals surface area (Å²) < 4.78 is 0. The molecule has 0 atom stereocenters. The number of benzene rings is 2. The van der Waals surface area contributed by atoms with Gasteiger partial charge in [0.05, 0.1) is 0 Å². The fourth-order valence-corrected chi connectivity index (χ4v) is 2.99. The summed E-state index contributed by atoms with van der Waals surface area (Å²) in [6.45, 7) is 10.4. The molecular formula is C19H24ClN3S. The van der Waals surface area contributed by atoms with Crippen molar-refractivity contribution in [2.75, 3.05) is 28.6 Å². The normalized spacial score (nSPS) is 10.4. The van der Waals surface area contributed by atoms with Gasteiger partial charge in [-0.2, -0.15) is 0 Å². The summed E-state index contributed by atoms with van der Waals surface area (Å²) in [5.41, 5.74) is 5.29. The van der Waals surface area contributed by atoms with Crippen LogP contribution in [0, 0.1) is 13.8 Å². The lowest BCUT2D eigenvalue weighted by Crippen LogP contribution is -2.22. The molecule has 0 aliphatic carbocycles. The molecule has 2 rings (SSSR count). The summed E-state index contributed by atoms with van der Waals surface area (Å²) in [5.74, 6) is 0. The Labute approximate surface area is 155 Å². The second-order valence-corrected chi connectivity index (χ2v) is 6.48. The van der Waals surface area contributed by atoms with Crippen LogP contribution in [0.5, 0.6) is 0 Å². The lowest BCUT2D eigenvalue weighted by molar-refractivity contribution is 0.866. The molecule has 0 amide bonds. The van der Waals surface area contributed by atoms with E-state index in [4.69, 9.17) is 23.8 Å². The van der Waals surface area contributed by atoms with E-state index >= 15 is 0 Å². The maximum absolute atomic E-state index is 6.15. The molecule has 3 nitrogen and oxygen atoms in total. The summed E-state index contributed by atoms with van der Waals surface area (Å²) in [6.07, 6.45) is 0. The standard InChI is InChI=1S/C19H24ClN3S/c1-5-23(6-2)15-10-11-17(13(3)12-15)21-19(24)22-18-9-7-8-16(20)14(18)4/h7-12H,5-6H2,1-4H3,(H2,21,22,24). The first-order valence-electron chi connectivity index (χ1n) is 8.15. The molecule has 0 aliphatic rings. The minimum atomic E-state index is 0.555. The molecule has 0 unspecified atom stereocenters. The van der Waals surface area contributed by atoms with Crippen molar-refractivity contribution in [3.63, 3.8) is 0 Å². The molecule has 0 saturated heterocycles. The smallest absolute Gasteiger partial charge is 0.175 e. The Balaban J connectivity index is 2.10. The van der Waals surface area contributed by atoms with Gasteiger partial charge in [-0.05, 0) is 81.4 Å². The molecule has 0 fully saturated rings. The quantitative estimate of drug-likeness (QED) is 0.676. The van der Waals surface area contributed by atoms with Gasteiger partial charge in [-0.3, -0.25) is 0 Å². The zero-order valence-corrected chi connectivity index (χ0v) is 16.2. The molecule has 0 saturated carbocycles. The van der Waals surface area contributed by atoms with Crippen molar-refractivity contribution in [3.8, 4) is 0 Å². The van der Waals surface area contributed by atoms with Crippen molar-refractivity contribution in [1.29, 1.82) is 0 Å². The number of rotatable bonds is 5. The molecule has 0 aromatic heterocycles. The molecule has 0 radical (unpaired) electrons. The minimum absolute atomic E-state index is 0.555. The second-order valence-electron chi connectivity index (χ2n) is 5.66. The van der Waals surface area contributed by atoms with Gasteiger partial charge in [0, 0.05) is 35.2 Å². The first kappa shape index (κ1) is 18.6. The van der Waals surface area contributed by atoms with Crippen LogP contribution in [0.1, 0.15) is 25.0 Å². The number of nitrogens with zero attached hydrogens (tertiary/aromatic N) is 1. The highest BCUT2D eigenvalue weighted by molar-refractivity contribution is 7.80. The SMILES string of the molecule is CCN(CC)c1ccc(NC(=S)Nc2cccc(Cl)c2C)c(C)c1. The average molecular weight is 362 g/mol. The molecule has 2 aromatic rings. The molecule has 5 heteroatoms. The van der Waals surface area contributed by atoms with Crippen LogP contribution in [0.2, 0.25) is 5.02 Å². The highest BCUT2D eigenvalue weighted by Gasteiger charge is 2.08. The Hall–Kier alpha value is -1.78. The van der Waals surface area contributed by atoms with Crippen molar-refractivity contribution in [1.82, 2.24) is 0 Å². The number of nitrogens with one attached hydrogen (secondary N) is 2. The third kappa shape index (κ3) is 4.40. The number of hydrogen-bond acceptors (Lipinski definition) is 2. The van der Waals surface area contributed by atoms with E-state index in [0.29, 0.717) is 5.11 Å². The predicted octanol–water partition coefficient (Wildman–Crippen LogP) is 5.61. The molecule has 0 aliphatic heterocycles. The first-order valence-corrected chi connectivity index (χ1v) is 8.93. The number of thiocarbonyl (C=S) groups is 1. The van der Waals surface area contributed by atoms with Gasteiger partial charge in [0.2, 0.25) is 0 Å². The van der Waals surface area contributed by atoms with Crippen LogP contribution in [0.15, 0.2) is 36.4 Å². The van der Waals surface area contributed by atoms with E-state index in [-0.39, 0.29) is 0 Å². The number of hydrogen-bond donors (Lipinski definition) is 2. The van der Waals surface area contributed by atoms with E-state index in [2.05, 4.69) is 54.5 Å². The van der Waals surface area contributed by atoms with Crippen LogP contribution in [0.25, 0.3) is 0 Å². The monoisotopic (exact) mass is 361 g/mol. The average Bonchev–Trinajstić information content (AvgIpc) is 2.55. The van der Waals surface area contributed by atoms with Crippen LogP contribution in [-0.2, 0) is 0 Å². The van der Waals surface area contributed by atoms with Gasteiger partial charge in [0.25, 0.3) is 0 Å². The van der Waals surface area contributed by atoms with Gasteiger partial charge in [-0.25, -0.2) is 0 Å². The summed E-state index contributed by atoms with van der Waals surface area (Å²) in [7, 11) is 0. The Morgan fingerprint density at radius 2 is 1.71 bits per heavy atom. The second kappa shape index (κ2) is 8.36. The van der Waals surface area contributed by atoms with Crippen molar-refractivity contribution in [2.24, 2.45) is 0 Å². The highest BCUT2D eigenvalue weighted by atomic mass is 35.5. The third-order valence-electron chi connectivity index (χ3n) is 4.10. The zero-order chi connectivity index (χ0) is 17.7. The van der Waals surface area contributed by atoms with Gasteiger partial charge in [0.1, 0.15) is 0 Å². The van der Waals surface area contributed by atoms with Crippen molar-refractivity contribution in [2.45, 2.75) is 27.7 Å². The predicted molar refractivity (Wildman–Crippen MR) is 111 cm³/mol. The van der Waals surface area contributed by atoms with E-state index in [1.54, 1.807) is 0 Å². The number of halogens is 1. The Morgan fingerprint density at radius 1 is 1.04 bits per heavy atom. The van der Waals surface area contributed by atoms with Crippen molar-refractivity contribution < 1.29 is 0 Å². The van der Waals surface area contributed by atoms with Gasteiger partial charge in [-0.1, -0.05) is 17.7 Å². The van der Waals surface area contributed by atoms with E-state index in [0.717, 1.165) is 40.6 Å². The molecule has 128 valence electrons. The van der Waals surface area contributed by atoms with Crippen LogP contribution < -0.4 is 15.5 Å². The summed E-state index contributed by atoms with van der Waals surface area (Å²) in [6, 6.07) is 12.1. The summed E-state index contributed by atoms with van der Waals surface area (Å²) in [4.78, 5) is 2.32. The van der Waals surface area contributed by atoms with Gasteiger partial charge in [0.15, 0.2) is 5.11 Å². The Kier molecular flexibility index (Phi) is 6.46. The number of anilines is 3. The lowest BCUT2D eigenvalue weighted by Gasteiger charge is -2.22. The third-order valence-corrected chi connectivity index (χ3v) is 4.72. The van der Waals surface area contributed by atoms with Crippen molar-refractivity contribution >= 4 is 46.0 Å². The van der Waals surface area contributed by atoms with Gasteiger partial charge in [-0.15, -0.1) is 0 Å². The summed E-state index contributed by atoms with van der Waals surface area (Å²) in [5, 5.41) is 7.76. The largest absolute Gasteiger partial charge is 0.372 e. The molecule has 0 heterocycles. The maximum atomic E-state index is 6.15. The molecule has 2 N–H and O–H groups in total. The van der Waals surface area contributed by atoms with Gasteiger partial charge < -0.3 is 15.5 Å². The fraction of sp³-hybridized carbons (Fsp3) is 0.316. The molecule has 24 heavy (non-hydrogen) atoms. The van der Waals surface area contributed by atoms with Crippen molar-refractivity contribution in [3.05, 3.63) is 52.5 Å². The molecular weight excluding hydrogens is 338 g/mol. The fourth-order valence-electron chi connectivity index (χ4n) is 2.59. The molecule has 0 spiro atoms. The van der Waals surface area contributed by atoms with Crippen LogP contribution in [0.4, 0.5) is 17.1 Å². The first-order chi connectivity index (χ1) is 11.5. The lowest BCUT2D eigenvalue weighted by atomic mass is 10.1. The van der Waals surface area contributed by atoms with Crippen LogP contribution in [0.3, 0.4) is 0 Å². The Morgan fingerprint density at radius 3 is 2.33 bits per heavy atom. The topological polar surface area (TPSA) is 27.3 Å². The summed E-state index contributed by atoms with van der Waals surface area (Å²) >= 11 is 11.6. The number of aryl methyl sites for hydroxylation is 1. The highest BCUT2D eigenvalue weighted by Crippen LogP contribution is 2.25. The minimum Gasteiger partial charge on any atom is -0.372 e. The molecule has 0 bridgehead atoms. The van der Waals surface area contributed by atoms with E-state index < -0.39 is 0 Å².